The topological polar surface area (TPSA) is 104 Å². The van der Waals surface area contributed by atoms with E-state index in [4.69, 9.17) is 9.47 Å². The number of likely N-dealkylation sites (tertiary alicyclic amines) is 1. The summed E-state index contributed by atoms with van der Waals surface area (Å²) in [4.78, 5) is 32.0. The molecule has 3 heterocycles. The highest BCUT2D eigenvalue weighted by Crippen LogP contribution is 2.42. The molecule has 6 rings (SSSR count). The molecule has 0 aliphatic carbocycles. The second-order valence-electron chi connectivity index (χ2n) is 13.8. The number of nitrogens with one attached hydrogen (secondary N) is 1. The maximum atomic E-state index is 13.0. The monoisotopic (exact) mass is 730 g/mol. The molecular formula is C41H45F3N4O5. The van der Waals surface area contributed by atoms with Crippen molar-refractivity contribution in [1.82, 2.24) is 20.1 Å². The van der Waals surface area contributed by atoms with E-state index in [1.807, 2.05) is 91.0 Å². The molecule has 0 spiro atoms. The Kier molecular flexibility index (Phi) is 12.2. The lowest BCUT2D eigenvalue weighted by Gasteiger charge is -2.42. The Bertz CT molecular complexity index is 1820. The zero-order chi connectivity index (χ0) is 37.5. The lowest BCUT2D eigenvalue weighted by molar-refractivity contribution is -0.275. The number of hydrogen-bond acceptors (Lipinski definition) is 7. The van der Waals surface area contributed by atoms with Gasteiger partial charge in [0, 0.05) is 56.0 Å². The van der Waals surface area contributed by atoms with Crippen molar-refractivity contribution in [2.24, 2.45) is 5.92 Å². The fourth-order valence-electron chi connectivity index (χ4n) is 7.02. The smallest absolute Gasteiger partial charge is 0.392 e. The third kappa shape index (κ3) is 9.49. The van der Waals surface area contributed by atoms with Crippen LogP contribution >= 0.6 is 0 Å². The standard InChI is InChI=1S/C41H45F3N4O5/c1-27-36(25-47(2)22-19-34-9-3-4-20-45-34)52-39(53-37(27)31-13-11-28(26-49)12-14-31)32-17-15-30(16-18-32)33-8-5-7-29(23-33)24-46-38(50)35-10-6-21-48(35)40(51)41(42,43)44/h3-5,7-9,11-18,20,23,27,35-37,39,49H,6,10,19,21-22,24-26H2,1-2H3,(H,46,50). The fraction of sp³-hybridized carbons (Fsp3) is 0.390. The summed E-state index contributed by atoms with van der Waals surface area (Å²) in [5.74, 6) is -2.55. The summed E-state index contributed by atoms with van der Waals surface area (Å²) in [5.41, 5.74) is 6.32. The van der Waals surface area contributed by atoms with Crippen molar-refractivity contribution in [2.75, 3.05) is 26.7 Å². The molecule has 280 valence electrons. The number of aliphatic hydroxyl groups excluding tert-OH is 1. The number of nitrogens with zero attached hydrogens (tertiary/aromatic N) is 3. The van der Waals surface area contributed by atoms with Gasteiger partial charge >= 0.3 is 12.1 Å². The van der Waals surface area contributed by atoms with Gasteiger partial charge < -0.3 is 29.7 Å². The Balaban J connectivity index is 1.13. The number of amides is 2. The van der Waals surface area contributed by atoms with Crippen molar-refractivity contribution in [2.45, 2.75) is 70.1 Å². The van der Waals surface area contributed by atoms with Crippen LogP contribution in [0, 0.1) is 5.92 Å². The Hall–Kier alpha value is -4.62. The van der Waals surface area contributed by atoms with E-state index in [1.54, 1.807) is 6.20 Å². The Morgan fingerprint density at radius 3 is 2.40 bits per heavy atom. The van der Waals surface area contributed by atoms with Gasteiger partial charge in [-0.15, -0.1) is 0 Å². The number of carbonyl (C=O) groups is 2. The van der Waals surface area contributed by atoms with Gasteiger partial charge in [-0.05, 0) is 65.9 Å². The Morgan fingerprint density at radius 2 is 1.70 bits per heavy atom. The zero-order valence-electron chi connectivity index (χ0n) is 29.8. The van der Waals surface area contributed by atoms with Crippen molar-refractivity contribution < 1.29 is 37.3 Å². The summed E-state index contributed by atoms with van der Waals surface area (Å²) in [6.45, 7) is 3.63. The summed E-state index contributed by atoms with van der Waals surface area (Å²) in [6.07, 6.45) is -2.88. The first-order chi connectivity index (χ1) is 25.5. The van der Waals surface area contributed by atoms with Crippen molar-refractivity contribution in [3.8, 4) is 11.1 Å². The van der Waals surface area contributed by atoms with E-state index in [2.05, 4.69) is 29.2 Å². The molecule has 2 N–H and O–H groups in total. The number of rotatable bonds is 12. The van der Waals surface area contributed by atoms with Gasteiger partial charge in [-0.1, -0.05) is 79.7 Å². The molecule has 53 heavy (non-hydrogen) atoms. The Morgan fingerprint density at radius 1 is 0.943 bits per heavy atom. The Labute approximate surface area is 307 Å². The first kappa shape index (κ1) is 38.1. The molecule has 2 aliphatic heterocycles. The van der Waals surface area contributed by atoms with Crippen LogP contribution in [-0.4, -0.2) is 76.7 Å². The van der Waals surface area contributed by atoms with Crippen LogP contribution in [0.4, 0.5) is 13.2 Å². The molecule has 1 aromatic heterocycles. The molecule has 2 fully saturated rings. The van der Waals surface area contributed by atoms with Gasteiger partial charge in [0.1, 0.15) is 6.04 Å². The predicted octanol–water partition coefficient (Wildman–Crippen LogP) is 6.38. The molecule has 0 radical (unpaired) electrons. The summed E-state index contributed by atoms with van der Waals surface area (Å²) < 4.78 is 52.4. The minimum Gasteiger partial charge on any atom is -0.392 e. The highest BCUT2D eigenvalue weighted by Gasteiger charge is 2.47. The molecule has 3 aromatic carbocycles. The highest BCUT2D eigenvalue weighted by atomic mass is 19.4. The van der Waals surface area contributed by atoms with E-state index < -0.39 is 30.3 Å². The normalized spacial score (nSPS) is 21.9. The van der Waals surface area contributed by atoms with E-state index in [0.29, 0.717) is 17.9 Å². The second-order valence-corrected chi connectivity index (χ2v) is 13.8. The molecule has 9 nitrogen and oxygen atoms in total. The average molecular weight is 731 g/mol. The number of pyridine rings is 1. The molecule has 2 saturated heterocycles. The minimum absolute atomic E-state index is 0.0343. The molecule has 4 aromatic rings. The maximum absolute atomic E-state index is 13.0. The number of alkyl halides is 3. The van der Waals surface area contributed by atoms with Crippen LogP contribution < -0.4 is 5.32 Å². The average Bonchev–Trinajstić information content (AvgIpc) is 3.67. The number of benzene rings is 3. The molecular weight excluding hydrogens is 685 g/mol. The van der Waals surface area contributed by atoms with Gasteiger partial charge in [0.15, 0.2) is 6.29 Å². The van der Waals surface area contributed by atoms with Crippen molar-refractivity contribution in [3.63, 3.8) is 0 Å². The van der Waals surface area contributed by atoms with Gasteiger partial charge in [0.25, 0.3) is 0 Å². The van der Waals surface area contributed by atoms with Gasteiger partial charge in [-0.3, -0.25) is 14.6 Å². The number of halogens is 3. The molecule has 2 amide bonds. The summed E-state index contributed by atoms with van der Waals surface area (Å²) >= 11 is 0. The largest absolute Gasteiger partial charge is 0.471 e. The fourth-order valence-corrected chi connectivity index (χ4v) is 7.02. The summed E-state index contributed by atoms with van der Waals surface area (Å²) in [5, 5.41) is 12.3. The number of aliphatic hydroxyl groups is 1. The van der Waals surface area contributed by atoms with Crippen molar-refractivity contribution in [3.05, 3.63) is 125 Å². The molecule has 0 bridgehead atoms. The quantitative estimate of drug-likeness (QED) is 0.175. The van der Waals surface area contributed by atoms with Crippen LogP contribution in [-0.2, 0) is 38.6 Å². The van der Waals surface area contributed by atoms with Gasteiger partial charge in [-0.25, -0.2) is 0 Å². The second kappa shape index (κ2) is 17.0. The van der Waals surface area contributed by atoms with Crippen LogP contribution in [0.25, 0.3) is 11.1 Å². The van der Waals surface area contributed by atoms with Crippen molar-refractivity contribution in [1.29, 1.82) is 0 Å². The molecule has 5 unspecified atom stereocenters. The van der Waals surface area contributed by atoms with Crippen LogP contribution in [0.15, 0.2) is 97.2 Å². The van der Waals surface area contributed by atoms with Gasteiger partial charge in [0.2, 0.25) is 5.91 Å². The number of ether oxygens (including phenoxy) is 2. The van der Waals surface area contributed by atoms with E-state index >= 15 is 0 Å². The molecule has 2 aliphatic rings. The lowest BCUT2D eigenvalue weighted by Crippen LogP contribution is -2.50. The van der Waals surface area contributed by atoms with E-state index in [9.17, 15) is 27.9 Å². The van der Waals surface area contributed by atoms with Crippen LogP contribution in [0.2, 0.25) is 0 Å². The summed E-state index contributed by atoms with van der Waals surface area (Å²) in [6, 6.07) is 28.1. The number of aromatic nitrogens is 1. The number of hydrogen-bond donors (Lipinski definition) is 2. The highest BCUT2D eigenvalue weighted by molar-refractivity contribution is 5.90. The number of likely N-dealkylation sites (N-methyl/N-ethyl adjacent to an activating group) is 1. The van der Waals surface area contributed by atoms with Gasteiger partial charge in [-0.2, -0.15) is 13.2 Å². The SMILES string of the molecule is CC1C(CN(C)CCc2ccccn2)OC(c2ccc(-c3cccc(CNC(=O)C4CCCN4C(=O)C(F)(F)F)c3)cc2)OC1c1ccc(CO)cc1. The van der Waals surface area contributed by atoms with E-state index in [-0.39, 0.29) is 44.2 Å². The van der Waals surface area contributed by atoms with Crippen LogP contribution in [0.1, 0.15) is 60.1 Å². The summed E-state index contributed by atoms with van der Waals surface area (Å²) in [7, 11) is 2.08. The number of carbonyl (C=O) groups excluding carboxylic acids is 2. The lowest BCUT2D eigenvalue weighted by atomic mass is 9.90. The maximum Gasteiger partial charge on any atom is 0.471 e. The third-order valence-corrected chi connectivity index (χ3v) is 10.1. The first-order valence-electron chi connectivity index (χ1n) is 17.9. The minimum atomic E-state index is -5.02. The molecule has 5 atom stereocenters. The van der Waals surface area contributed by atoms with Crippen LogP contribution in [0.3, 0.4) is 0 Å². The zero-order valence-corrected chi connectivity index (χ0v) is 29.8. The molecule has 0 saturated carbocycles. The van der Waals surface area contributed by atoms with Crippen LogP contribution in [0.5, 0.6) is 0 Å². The first-order valence-corrected chi connectivity index (χ1v) is 17.9. The van der Waals surface area contributed by atoms with Gasteiger partial charge in [0.05, 0.1) is 18.8 Å². The predicted molar refractivity (Wildman–Crippen MR) is 193 cm³/mol. The van der Waals surface area contributed by atoms with Crippen molar-refractivity contribution >= 4 is 11.8 Å². The van der Waals surface area contributed by atoms with E-state index in [0.717, 1.165) is 52.0 Å². The molecule has 12 heteroatoms. The third-order valence-electron chi connectivity index (χ3n) is 10.1. The van der Waals surface area contributed by atoms with E-state index in [1.165, 1.54) is 0 Å².